The lowest BCUT2D eigenvalue weighted by Gasteiger charge is -2.46. The van der Waals surface area contributed by atoms with Crippen molar-refractivity contribution >= 4 is 5.91 Å². The van der Waals surface area contributed by atoms with Crippen LogP contribution >= 0.6 is 0 Å². The minimum Gasteiger partial charge on any atom is -0.490 e. The topological polar surface area (TPSA) is 45.2 Å². The fraction of sp³-hybridized carbons (Fsp3) is 0.649. The van der Waals surface area contributed by atoms with E-state index in [-0.39, 0.29) is 11.6 Å². The lowest BCUT2D eigenvalue weighted by molar-refractivity contribution is -0.143. The van der Waals surface area contributed by atoms with Crippen molar-refractivity contribution in [3.63, 3.8) is 0 Å². The van der Waals surface area contributed by atoms with E-state index in [4.69, 9.17) is 9.47 Å². The number of hydrogen-bond donors (Lipinski definition) is 0. The highest BCUT2D eigenvalue weighted by Crippen LogP contribution is 2.42. The molecule has 0 spiro atoms. The van der Waals surface area contributed by atoms with Gasteiger partial charge in [0.2, 0.25) is 5.91 Å². The van der Waals surface area contributed by atoms with E-state index in [0.717, 1.165) is 51.1 Å². The molecule has 0 N–H and O–H groups in total. The Morgan fingerprint density at radius 1 is 0.796 bits per heavy atom. The summed E-state index contributed by atoms with van der Waals surface area (Å²) in [5.41, 5.74) is -2.65. The van der Waals surface area contributed by atoms with Crippen molar-refractivity contribution in [1.82, 2.24) is 14.7 Å². The number of carbonyl (C=O) groups excluding carboxylic acids is 1. The molecule has 2 aliphatic heterocycles. The minimum atomic E-state index is -4.98. The van der Waals surface area contributed by atoms with Crippen LogP contribution in [0.25, 0.3) is 0 Å². The Balaban J connectivity index is 1.37. The summed E-state index contributed by atoms with van der Waals surface area (Å²) < 4.78 is 93.1. The molecule has 1 saturated carbocycles. The Labute approximate surface area is 285 Å². The number of hydrogen-bond acceptors (Lipinski definition) is 5. The van der Waals surface area contributed by atoms with Gasteiger partial charge in [0.05, 0.1) is 30.8 Å². The first kappa shape index (κ1) is 37.3. The predicted octanol–water partition coefficient (Wildman–Crippen LogP) is 7.96. The standard InChI is InChI=1S/C37H49F6N3O3/c1-3-48-32-12-11-28(25-33(32)49-4-2)35(14-16-44-17-19-45(20-18-44)31-9-6-5-7-10-31)13-8-15-46(26-35)34(47)23-27-21-29(36(38,39)40)24-30(22-27)37(41,42)43/h11-12,21-22,24-25,31H,3-10,13-20,23,26H2,1-2H3/t35-/m1/s1. The second-order valence-corrected chi connectivity index (χ2v) is 13.7. The third kappa shape index (κ3) is 9.42. The second-order valence-electron chi connectivity index (χ2n) is 13.7. The van der Waals surface area contributed by atoms with E-state index in [0.29, 0.717) is 62.4 Å². The van der Waals surface area contributed by atoms with E-state index < -0.39 is 41.2 Å². The summed E-state index contributed by atoms with van der Waals surface area (Å²) in [5.74, 6) is 0.735. The largest absolute Gasteiger partial charge is 0.490 e. The first-order valence-corrected chi connectivity index (χ1v) is 17.7. The molecule has 2 saturated heterocycles. The zero-order valence-corrected chi connectivity index (χ0v) is 28.6. The van der Waals surface area contributed by atoms with Gasteiger partial charge in [0.15, 0.2) is 11.5 Å². The maximum atomic E-state index is 13.7. The van der Waals surface area contributed by atoms with Crippen LogP contribution in [0.4, 0.5) is 26.3 Å². The van der Waals surface area contributed by atoms with Gasteiger partial charge in [-0.15, -0.1) is 0 Å². The van der Waals surface area contributed by atoms with Crippen molar-refractivity contribution in [2.24, 2.45) is 0 Å². The van der Waals surface area contributed by atoms with Gasteiger partial charge in [-0.05, 0) is 94.0 Å². The predicted molar refractivity (Wildman–Crippen MR) is 176 cm³/mol. The van der Waals surface area contributed by atoms with E-state index in [1.165, 1.54) is 32.1 Å². The van der Waals surface area contributed by atoms with Crippen LogP contribution in [-0.2, 0) is 29.0 Å². The quantitative estimate of drug-likeness (QED) is 0.223. The first-order valence-electron chi connectivity index (χ1n) is 17.7. The molecule has 1 amide bonds. The zero-order chi connectivity index (χ0) is 35.2. The number of nitrogens with zero attached hydrogens (tertiary/aromatic N) is 3. The Kier molecular flexibility index (Phi) is 12.1. The van der Waals surface area contributed by atoms with Gasteiger partial charge in [0, 0.05) is 50.7 Å². The summed E-state index contributed by atoms with van der Waals surface area (Å²) >= 11 is 0. The molecule has 2 aromatic rings. The van der Waals surface area contributed by atoms with Gasteiger partial charge >= 0.3 is 12.4 Å². The van der Waals surface area contributed by atoms with Crippen LogP contribution in [0.5, 0.6) is 11.5 Å². The van der Waals surface area contributed by atoms with Gasteiger partial charge in [-0.25, -0.2) is 0 Å². The Bertz CT molecular complexity index is 1370. The average Bonchev–Trinajstić information content (AvgIpc) is 3.08. The molecule has 272 valence electrons. The first-order chi connectivity index (χ1) is 23.3. The number of likely N-dealkylation sites (tertiary alicyclic amines) is 1. The van der Waals surface area contributed by atoms with Gasteiger partial charge in [-0.3, -0.25) is 9.69 Å². The van der Waals surface area contributed by atoms with Gasteiger partial charge in [-0.2, -0.15) is 26.3 Å². The molecule has 3 fully saturated rings. The van der Waals surface area contributed by atoms with Crippen LogP contribution < -0.4 is 9.47 Å². The molecule has 12 heteroatoms. The molecular weight excluding hydrogens is 648 g/mol. The number of benzene rings is 2. The highest BCUT2D eigenvalue weighted by molar-refractivity contribution is 5.79. The average molecular weight is 698 g/mol. The molecule has 1 atom stereocenters. The maximum Gasteiger partial charge on any atom is 0.416 e. The van der Waals surface area contributed by atoms with E-state index in [1.54, 1.807) is 4.90 Å². The van der Waals surface area contributed by atoms with Crippen LogP contribution in [0.3, 0.4) is 0 Å². The maximum absolute atomic E-state index is 13.7. The molecular formula is C37H49F6N3O3. The number of halogens is 6. The summed E-state index contributed by atoms with van der Waals surface area (Å²) in [4.78, 5) is 20.4. The fourth-order valence-corrected chi connectivity index (χ4v) is 7.89. The number of rotatable bonds is 11. The molecule has 3 aliphatic rings. The molecule has 6 nitrogen and oxygen atoms in total. The van der Waals surface area contributed by atoms with Crippen molar-refractivity contribution in [2.45, 2.75) is 95.4 Å². The van der Waals surface area contributed by atoms with Crippen molar-refractivity contribution in [2.75, 3.05) is 59.0 Å². The van der Waals surface area contributed by atoms with E-state index in [9.17, 15) is 31.1 Å². The number of piperidine rings is 1. The summed E-state index contributed by atoms with van der Waals surface area (Å²) in [6.45, 7) is 10.1. The fourth-order valence-electron chi connectivity index (χ4n) is 7.89. The van der Waals surface area contributed by atoms with Crippen LogP contribution in [0.2, 0.25) is 0 Å². The SMILES string of the molecule is CCOc1ccc([C@@]2(CCN3CCN(C4CCCCC4)CC3)CCCN(C(=O)Cc3cc(C(F)(F)F)cc(C(F)(F)F)c3)C2)cc1OCC. The van der Waals surface area contributed by atoms with Gasteiger partial charge < -0.3 is 19.3 Å². The van der Waals surface area contributed by atoms with E-state index in [1.807, 2.05) is 32.0 Å². The molecule has 0 bridgehead atoms. The summed E-state index contributed by atoms with van der Waals surface area (Å²) in [6.07, 6.45) is -1.90. The lowest BCUT2D eigenvalue weighted by Crippen LogP contribution is -2.53. The summed E-state index contributed by atoms with van der Waals surface area (Å²) in [6, 6.07) is 7.94. The molecule has 0 radical (unpaired) electrons. The van der Waals surface area contributed by atoms with Crippen LogP contribution in [0, 0.1) is 0 Å². The smallest absolute Gasteiger partial charge is 0.416 e. The highest BCUT2D eigenvalue weighted by Gasteiger charge is 2.41. The number of amides is 1. The molecule has 5 rings (SSSR count). The molecule has 49 heavy (non-hydrogen) atoms. The van der Waals surface area contributed by atoms with Crippen LogP contribution in [-0.4, -0.2) is 85.7 Å². The van der Waals surface area contributed by atoms with Crippen molar-refractivity contribution in [3.8, 4) is 11.5 Å². The van der Waals surface area contributed by atoms with Crippen molar-refractivity contribution in [1.29, 1.82) is 0 Å². The number of alkyl halides is 6. The number of carbonyl (C=O) groups is 1. The van der Waals surface area contributed by atoms with Crippen LogP contribution in [0.15, 0.2) is 36.4 Å². The normalized spacial score (nSPS) is 21.9. The van der Waals surface area contributed by atoms with Crippen molar-refractivity contribution in [3.05, 3.63) is 58.7 Å². The molecule has 0 unspecified atom stereocenters. The summed E-state index contributed by atoms with van der Waals surface area (Å²) in [5, 5.41) is 0. The number of ether oxygens (including phenoxy) is 2. The second kappa shape index (κ2) is 15.9. The lowest BCUT2D eigenvalue weighted by atomic mass is 9.71. The van der Waals surface area contributed by atoms with Crippen LogP contribution in [0.1, 0.15) is 87.5 Å². The Hall–Kier alpha value is -2.99. The van der Waals surface area contributed by atoms with E-state index in [2.05, 4.69) is 9.80 Å². The van der Waals surface area contributed by atoms with E-state index >= 15 is 0 Å². The Morgan fingerprint density at radius 2 is 1.43 bits per heavy atom. The third-order valence-electron chi connectivity index (χ3n) is 10.5. The molecule has 1 aliphatic carbocycles. The molecule has 0 aromatic heterocycles. The highest BCUT2D eigenvalue weighted by atomic mass is 19.4. The van der Waals surface area contributed by atoms with Gasteiger partial charge in [0.25, 0.3) is 0 Å². The third-order valence-corrected chi connectivity index (χ3v) is 10.5. The van der Waals surface area contributed by atoms with Gasteiger partial charge in [-0.1, -0.05) is 25.3 Å². The summed E-state index contributed by atoms with van der Waals surface area (Å²) in [7, 11) is 0. The molecule has 2 aromatic carbocycles. The van der Waals surface area contributed by atoms with Gasteiger partial charge in [0.1, 0.15) is 0 Å². The van der Waals surface area contributed by atoms with Crippen molar-refractivity contribution < 1.29 is 40.6 Å². The molecule has 2 heterocycles. The minimum absolute atomic E-state index is 0.0940. The number of piperazine rings is 1. The zero-order valence-electron chi connectivity index (χ0n) is 28.6. The monoisotopic (exact) mass is 697 g/mol. The Morgan fingerprint density at radius 3 is 2.04 bits per heavy atom.